The van der Waals surface area contributed by atoms with Crippen LogP contribution in [-0.4, -0.2) is 39.3 Å². The van der Waals surface area contributed by atoms with Gasteiger partial charge in [0, 0.05) is 13.6 Å². The molecule has 0 aliphatic carbocycles. The molecule has 0 amide bonds. The van der Waals surface area contributed by atoms with Gasteiger partial charge in [-0.15, -0.1) is 5.10 Å². The number of unbranched alkanes of at least 4 members (excludes halogenated alkanes) is 1. The van der Waals surface area contributed by atoms with Gasteiger partial charge in [0.2, 0.25) is 5.16 Å². The predicted octanol–water partition coefficient (Wildman–Crippen LogP) is 1.14. The summed E-state index contributed by atoms with van der Waals surface area (Å²) in [5.74, 6) is 1.83. The van der Waals surface area contributed by atoms with Crippen molar-refractivity contribution in [1.29, 1.82) is 0 Å². The van der Waals surface area contributed by atoms with Gasteiger partial charge in [0.1, 0.15) is 18.1 Å². The van der Waals surface area contributed by atoms with Gasteiger partial charge in [-0.05, 0) is 29.0 Å². The van der Waals surface area contributed by atoms with E-state index in [2.05, 4.69) is 25.5 Å². The summed E-state index contributed by atoms with van der Waals surface area (Å²) in [7, 11) is 1.76. The van der Waals surface area contributed by atoms with Crippen molar-refractivity contribution >= 4 is 22.9 Å². The third-order valence-electron chi connectivity index (χ3n) is 4.56. The van der Waals surface area contributed by atoms with E-state index in [0.29, 0.717) is 41.0 Å². The Hall–Kier alpha value is -3.15. The largest absolute Gasteiger partial charge is 0.467 e. The smallest absolute Gasteiger partial charge is 0.330 e. The maximum Gasteiger partial charge on any atom is 0.330 e. The van der Waals surface area contributed by atoms with Crippen LogP contribution in [0.25, 0.3) is 11.2 Å². The lowest BCUT2D eigenvalue weighted by molar-refractivity contribution is 0.462. The number of H-pyrrole nitrogens is 1. The van der Waals surface area contributed by atoms with E-state index in [9.17, 15) is 9.59 Å². The van der Waals surface area contributed by atoms with Crippen LogP contribution in [0.4, 0.5) is 0 Å². The van der Waals surface area contributed by atoms with Gasteiger partial charge in [-0.1, -0.05) is 25.1 Å². The first-order valence-electron chi connectivity index (χ1n) is 9.18. The minimum absolute atomic E-state index is 0.381. The Balaban J connectivity index is 1.62. The molecule has 0 saturated heterocycles. The van der Waals surface area contributed by atoms with Gasteiger partial charge in [-0.25, -0.2) is 14.5 Å². The van der Waals surface area contributed by atoms with E-state index in [1.165, 1.54) is 16.3 Å². The molecule has 0 radical (unpaired) electrons. The molecule has 0 atom stereocenters. The van der Waals surface area contributed by atoms with Crippen LogP contribution in [0.2, 0.25) is 0 Å². The topological polar surface area (TPSA) is 129 Å². The molecule has 0 unspecified atom stereocenters. The van der Waals surface area contributed by atoms with Gasteiger partial charge in [-0.2, -0.15) is 0 Å². The van der Waals surface area contributed by atoms with Crippen LogP contribution in [-0.2, 0) is 25.9 Å². The molecule has 4 rings (SSSR count). The second-order valence-corrected chi connectivity index (χ2v) is 7.45. The van der Waals surface area contributed by atoms with Gasteiger partial charge in [-0.3, -0.25) is 14.3 Å². The van der Waals surface area contributed by atoms with Gasteiger partial charge in [0.25, 0.3) is 5.56 Å². The monoisotopic (exact) mass is 416 g/mol. The zero-order valence-corrected chi connectivity index (χ0v) is 16.8. The number of furan rings is 1. The molecule has 4 aromatic heterocycles. The summed E-state index contributed by atoms with van der Waals surface area (Å²) >= 11 is 1.39. The molecule has 11 nitrogen and oxygen atoms in total. The van der Waals surface area contributed by atoms with Crippen molar-refractivity contribution in [2.45, 2.75) is 43.8 Å². The Morgan fingerprint density at radius 3 is 2.93 bits per heavy atom. The van der Waals surface area contributed by atoms with Gasteiger partial charge >= 0.3 is 5.69 Å². The van der Waals surface area contributed by atoms with Gasteiger partial charge in [0.15, 0.2) is 11.2 Å². The highest BCUT2D eigenvalue weighted by Gasteiger charge is 2.18. The number of fused-ring (bicyclic) bond motifs is 1. The summed E-state index contributed by atoms with van der Waals surface area (Å²) in [6.45, 7) is 2.97. The molecule has 0 fully saturated rings. The lowest BCUT2D eigenvalue weighted by Gasteiger charge is -2.04. The van der Waals surface area contributed by atoms with E-state index in [1.807, 2.05) is 19.1 Å². The molecule has 4 heterocycles. The minimum Gasteiger partial charge on any atom is -0.467 e. The second kappa shape index (κ2) is 8.07. The number of hydrogen-bond acceptors (Lipinski definition) is 8. The second-order valence-electron chi connectivity index (χ2n) is 6.51. The Morgan fingerprint density at radius 1 is 1.31 bits per heavy atom. The molecule has 0 spiro atoms. The number of aromatic amines is 1. The number of imidazole rings is 1. The van der Waals surface area contributed by atoms with E-state index < -0.39 is 11.2 Å². The van der Waals surface area contributed by atoms with Crippen LogP contribution in [0.3, 0.4) is 0 Å². The SMILES string of the molecule is CCCCn1c(=O)[nH]c(=O)c2c1nc(CSc1nnnn1Cc1ccco1)n2C. The van der Waals surface area contributed by atoms with E-state index in [-0.39, 0.29) is 0 Å². The first kappa shape index (κ1) is 19.2. The zero-order valence-electron chi connectivity index (χ0n) is 16.0. The fourth-order valence-corrected chi connectivity index (χ4v) is 3.88. The fourth-order valence-electron chi connectivity index (χ4n) is 3.02. The third-order valence-corrected chi connectivity index (χ3v) is 5.51. The first-order valence-corrected chi connectivity index (χ1v) is 10.2. The molecule has 152 valence electrons. The molecule has 0 aliphatic heterocycles. The van der Waals surface area contributed by atoms with Crippen molar-refractivity contribution in [2.24, 2.45) is 7.05 Å². The van der Waals surface area contributed by atoms with Crippen molar-refractivity contribution in [2.75, 3.05) is 0 Å². The van der Waals surface area contributed by atoms with E-state index in [0.717, 1.165) is 18.6 Å². The predicted molar refractivity (Wildman–Crippen MR) is 106 cm³/mol. The van der Waals surface area contributed by atoms with Crippen molar-refractivity contribution in [3.05, 3.63) is 50.8 Å². The summed E-state index contributed by atoms with van der Waals surface area (Å²) in [5.41, 5.74) is -0.0887. The molecule has 0 aromatic carbocycles. The molecule has 29 heavy (non-hydrogen) atoms. The number of hydrogen-bond donors (Lipinski definition) is 1. The van der Waals surface area contributed by atoms with Gasteiger partial charge in [0.05, 0.1) is 12.0 Å². The summed E-state index contributed by atoms with van der Waals surface area (Å²) in [4.78, 5) is 31.5. The van der Waals surface area contributed by atoms with Crippen molar-refractivity contribution in [3.63, 3.8) is 0 Å². The molecule has 1 N–H and O–H groups in total. The standard InChI is InChI=1S/C17H20N8O3S/c1-3-4-7-24-14-13(15(26)19-16(24)27)23(2)12(18-14)10-29-17-20-21-22-25(17)9-11-6-5-8-28-11/h5-6,8H,3-4,7,9-10H2,1-2H3,(H,19,26,27). The van der Waals surface area contributed by atoms with Crippen molar-refractivity contribution in [3.8, 4) is 0 Å². The van der Waals surface area contributed by atoms with Crippen molar-refractivity contribution < 1.29 is 4.42 Å². The molecule has 12 heteroatoms. The number of nitrogens with zero attached hydrogens (tertiary/aromatic N) is 7. The number of rotatable bonds is 8. The zero-order chi connectivity index (χ0) is 20.4. The molecule has 0 saturated carbocycles. The van der Waals surface area contributed by atoms with Crippen LogP contribution >= 0.6 is 11.8 Å². The third kappa shape index (κ3) is 3.75. The fraction of sp³-hybridized carbons (Fsp3) is 0.412. The van der Waals surface area contributed by atoms with Crippen LogP contribution < -0.4 is 11.2 Å². The number of aryl methyl sites for hydroxylation is 2. The summed E-state index contributed by atoms with van der Waals surface area (Å²) in [6.07, 6.45) is 3.35. The maximum absolute atomic E-state index is 12.3. The highest BCUT2D eigenvalue weighted by molar-refractivity contribution is 7.98. The number of thioether (sulfide) groups is 1. The molecule has 4 aromatic rings. The van der Waals surface area contributed by atoms with E-state index in [4.69, 9.17) is 4.42 Å². The molecular weight excluding hydrogens is 396 g/mol. The lowest BCUT2D eigenvalue weighted by Crippen LogP contribution is -2.31. The Bertz CT molecular complexity index is 1230. The van der Waals surface area contributed by atoms with E-state index in [1.54, 1.807) is 22.6 Å². The van der Waals surface area contributed by atoms with Crippen molar-refractivity contribution in [1.82, 2.24) is 39.3 Å². The van der Waals surface area contributed by atoms with Crippen LogP contribution in [0.1, 0.15) is 31.4 Å². The molecular formula is C17H20N8O3S. The molecule has 0 aliphatic rings. The average molecular weight is 416 g/mol. The molecule has 0 bridgehead atoms. The highest BCUT2D eigenvalue weighted by Crippen LogP contribution is 2.22. The summed E-state index contributed by atoms with van der Waals surface area (Å²) < 4.78 is 10.2. The Kier molecular flexibility index (Phi) is 5.34. The Morgan fingerprint density at radius 2 is 2.17 bits per heavy atom. The highest BCUT2D eigenvalue weighted by atomic mass is 32.2. The quantitative estimate of drug-likeness (QED) is 0.423. The number of tetrazole rings is 1. The van der Waals surface area contributed by atoms with E-state index >= 15 is 0 Å². The van der Waals surface area contributed by atoms with Crippen LogP contribution in [0.5, 0.6) is 0 Å². The maximum atomic E-state index is 12.3. The van der Waals surface area contributed by atoms with Crippen LogP contribution in [0, 0.1) is 0 Å². The number of aromatic nitrogens is 8. The van der Waals surface area contributed by atoms with Gasteiger partial charge < -0.3 is 8.98 Å². The van der Waals surface area contributed by atoms with Crippen LogP contribution in [0.15, 0.2) is 37.6 Å². The first-order chi connectivity index (χ1) is 14.1. The summed E-state index contributed by atoms with van der Waals surface area (Å²) in [5, 5.41) is 12.4. The Labute approximate surface area is 168 Å². The summed E-state index contributed by atoms with van der Waals surface area (Å²) in [6, 6.07) is 3.66. The average Bonchev–Trinajstić information content (AvgIpc) is 3.42. The minimum atomic E-state index is -0.438. The number of nitrogens with one attached hydrogen (secondary N) is 1. The normalized spacial score (nSPS) is 11.5. The lowest BCUT2D eigenvalue weighted by atomic mass is 10.3.